The lowest BCUT2D eigenvalue weighted by Gasteiger charge is -2.07. The van der Waals surface area contributed by atoms with E-state index in [0.717, 1.165) is 15.7 Å². The minimum atomic E-state index is 0.0758. The predicted molar refractivity (Wildman–Crippen MR) is 54.7 cm³/mol. The van der Waals surface area contributed by atoms with Crippen molar-refractivity contribution in [2.45, 2.75) is 0 Å². The zero-order chi connectivity index (χ0) is 9.14. The van der Waals surface area contributed by atoms with Gasteiger partial charge in [0.1, 0.15) is 5.84 Å². The molecule has 0 radical (unpaired) electrons. The predicted octanol–water partition coefficient (Wildman–Crippen LogP) is 1.77. The normalized spacial score (nSPS) is 9.50. The first-order chi connectivity index (χ1) is 5.65. The highest BCUT2D eigenvalue weighted by molar-refractivity contribution is 9.10. The van der Waals surface area contributed by atoms with Crippen LogP contribution in [0.3, 0.4) is 0 Å². The van der Waals surface area contributed by atoms with Crippen LogP contribution in [0, 0.1) is 5.41 Å². The van der Waals surface area contributed by atoms with E-state index in [1.165, 1.54) is 0 Å². The smallest absolute Gasteiger partial charge is 0.124 e. The molecule has 1 aromatic rings. The summed E-state index contributed by atoms with van der Waals surface area (Å²) >= 11 is 3.33. The Bertz CT molecular complexity index is 309. The summed E-state index contributed by atoms with van der Waals surface area (Å²) in [4.78, 5) is 0. The fourth-order valence-corrected chi connectivity index (χ4v) is 1.32. The molecule has 0 saturated carbocycles. The van der Waals surface area contributed by atoms with E-state index < -0.39 is 0 Å². The molecule has 0 spiro atoms. The van der Waals surface area contributed by atoms with E-state index >= 15 is 0 Å². The van der Waals surface area contributed by atoms with Crippen LogP contribution in [0.2, 0.25) is 0 Å². The molecular weight excluding hydrogens is 218 g/mol. The van der Waals surface area contributed by atoms with Gasteiger partial charge in [-0.2, -0.15) is 0 Å². The van der Waals surface area contributed by atoms with Crippen LogP contribution in [0.15, 0.2) is 22.7 Å². The molecule has 64 valence electrons. The van der Waals surface area contributed by atoms with Crippen LogP contribution in [0.25, 0.3) is 0 Å². The summed E-state index contributed by atoms with van der Waals surface area (Å²) in [5.74, 6) is 0.0758. The van der Waals surface area contributed by atoms with Crippen molar-refractivity contribution in [2.75, 3.05) is 12.4 Å². The molecule has 1 rings (SSSR count). The van der Waals surface area contributed by atoms with E-state index in [4.69, 9.17) is 11.1 Å². The number of nitrogens with one attached hydrogen (secondary N) is 2. The van der Waals surface area contributed by atoms with E-state index in [0.29, 0.717) is 0 Å². The zero-order valence-corrected chi connectivity index (χ0v) is 8.27. The third-order valence-electron chi connectivity index (χ3n) is 1.54. The standard InChI is InChI=1S/C8H10BrN3/c1-12-7-4-5(9)2-3-6(7)8(10)11/h2-4,12H,1H3,(H3,10,11). The van der Waals surface area contributed by atoms with Gasteiger partial charge in [0, 0.05) is 22.8 Å². The molecule has 4 N–H and O–H groups in total. The highest BCUT2D eigenvalue weighted by atomic mass is 79.9. The lowest BCUT2D eigenvalue weighted by Crippen LogP contribution is -2.13. The van der Waals surface area contributed by atoms with Gasteiger partial charge in [0.2, 0.25) is 0 Å². The van der Waals surface area contributed by atoms with E-state index in [1.807, 2.05) is 12.1 Å². The number of hydrogen-bond donors (Lipinski definition) is 3. The van der Waals surface area contributed by atoms with Gasteiger partial charge in [-0.3, -0.25) is 5.41 Å². The van der Waals surface area contributed by atoms with Gasteiger partial charge >= 0.3 is 0 Å². The maximum absolute atomic E-state index is 7.27. The van der Waals surface area contributed by atoms with Crippen molar-refractivity contribution in [2.24, 2.45) is 5.73 Å². The zero-order valence-electron chi connectivity index (χ0n) is 6.69. The molecule has 0 amide bonds. The second-order valence-corrected chi connectivity index (χ2v) is 3.27. The molecule has 1 aromatic carbocycles. The van der Waals surface area contributed by atoms with Crippen molar-refractivity contribution in [1.29, 1.82) is 5.41 Å². The van der Waals surface area contributed by atoms with Gasteiger partial charge in [-0.05, 0) is 18.2 Å². The number of benzene rings is 1. The van der Waals surface area contributed by atoms with Gasteiger partial charge in [0.15, 0.2) is 0 Å². The van der Waals surface area contributed by atoms with Gasteiger partial charge in [0.05, 0.1) is 0 Å². The second-order valence-electron chi connectivity index (χ2n) is 2.35. The Labute approximate surface area is 79.6 Å². The van der Waals surface area contributed by atoms with Gasteiger partial charge in [-0.1, -0.05) is 15.9 Å². The number of anilines is 1. The minimum absolute atomic E-state index is 0.0758. The van der Waals surface area contributed by atoms with Gasteiger partial charge in [-0.25, -0.2) is 0 Å². The molecule has 0 aliphatic rings. The van der Waals surface area contributed by atoms with Gasteiger partial charge in [0.25, 0.3) is 0 Å². The summed E-state index contributed by atoms with van der Waals surface area (Å²) in [5.41, 5.74) is 6.95. The van der Waals surface area contributed by atoms with Crippen LogP contribution in [0.4, 0.5) is 5.69 Å². The third kappa shape index (κ3) is 1.76. The molecule has 0 fully saturated rings. The Morgan fingerprint density at radius 3 is 2.75 bits per heavy atom. The summed E-state index contributed by atoms with van der Waals surface area (Å²) < 4.78 is 0.969. The molecule has 0 aromatic heterocycles. The Balaban J connectivity index is 3.20. The first-order valence-corrected chi connectivity index (χ1v) is 4.26. The lowest BCUT2D eigenvalue weighted by atomic mass is 10.1. The molecule has 0 aliphatic heterocycles. The minimum Gasteiger partial charge on any atom is -0.387 e. The van der Waals surface area contributed by atoms with Crippen LogP contribution in [0.1, 0.15) is 5.56 Å². The molecule has 12 heavy (non-hydrogen) atoms. The topological polar surface area (TPSA) is 61.9 Å². The molecular formula is C8H10BrN3. The fraction of sp³-hybridized carbons (Fsp3) is 0.125. The SMILES string of the molecule is CNc1cc(Br)ccc1C(=N)N. The summed E-state index contributed by atoms with van der Waals surface area (Å²) in [7, 11) is 1.80. The number of rotatable bonds is 2. The van der Waals surface area contributed by atoms with Crippen molar-refractivity contribution >= 4 is 27.5 Å². The van der Waals surface area contributed by atoms with E-state index in [9.17, 15) is 0 Å². The molecule has 0 unspecified atom stereocenters. The molecule has 0 heterocycles. The first kappa shape index (κ1) is 9.06. The average Bonchev–Trinajstić information content (AvgIpc) is 2.03. The summed E-state index contributed by atoms with van der Waals surface area (Å²) in [6.07, 6.45) is 0. The molecule has 3 nitrogen and oxygen atoms in total. The average molecular weight is 228 g/mol. The highest BCUT2D eigenvalue weighted by Gasteiger charge is 2.03. The number of hydrogen-bond acceptors (Lipinski definition) is 2. The van der Waals surface area contributed by atoms with E-state index in [-0.39, 0.29) is 5.84 Å². The highest BCUT2D eigenvalue weighted by Crippen LogP contribution is 2.20. The Morgan fingerprint density at radius 1 is 1.58 bits per heavy atom. The summed E-state index contributed by atoms with van der Waals surface area (Å²) in [6.45, 7) is 0. The largest absolute Gasteiger partial charge is 0.387 e. The molecule has 4 heteroatoms. The van der Waals surface area contributed by atoms with Crippen molar-refractivity contribution < 1.29 is 0 Å². The van der Waals surface area contributed by atoms with Gasteiger partial charge in [-0.15, -0.1) is 0 Å². The van der Waals surface area contributed by atoms with Crippen molar-refractivity contribution in [3.63, 3.8) is 0 Å². The molecule has 0 aliphatic carbocycles. The summed E-state index contributed by atoms with van der Waals surface area (Å²) in [6, 6.07) is 5.55. The third-order valence-corrected chi connectivity index (χ3v) is 2.03. The van der Waals surface area contributed by atoms with E-state index in [1.54, 1.807) is 13.1 Å². The maximum Gasteiger partial charge on any atom is 0.124 e. The maximum atomic E-state index is 7.27. The van der Waals surface area contributed by atoms with E-state index in [2.05, 4.69) is 21.2 Å². The number of amidine groups is 1. The Kier molecular flexibility index (Phi) is 2.70. The number of nitrogens with two attached hydrogens (primary N) is 1. The lowest BCUT2D eigenvalue weighted by molar-refractivity contribution is 1.40. The Hall–Kier alpha value is -1.03. The molecule has 0 saturated heterocycles. The van der Waals surface area contributed by atoms with Crippen LogP contribution in [-0.2, 0) is 0 Å². The first-order valence-electron chi connectivity index (χ1n) is 3.47. The molecule has 0 bridgehead atoms. The van der Waals surface area contributed by atoms with Crippen molar-refractivity contribution in [3.8, 4) is 0 Å². The van der Waals surface area contributed by atoms with Crippen LogP contribution >= 0.6 is 15.9 Å². The quantitative estimate of drug-likeness (QED) is 0.533. The monoisotopic (exact) mass is 227 g/mol. The summed E-state index contributed by atoms with van der Waals surface area (Å²) in [5, 5.41) is 10.2. The number of nitrogen functional groups attached to an aromatic ring is 1. The van der Waals surface area contributed by atoms with Crippen LogP contribution < -0.4 is 11.1 Å². The van der Waals surface area contributed by atoms with Crippen molar-refractivity contribution in [3.05, 3.63) is 28.2 Å². The number of halogens is 1. The fourth-order valence-electron chi connectivity index (χ4n) is 0.958. The Morgan fingerprint density at radius 2 is 2.25 bits per heavy atom. The second kappa shape index (κ2) is 3.58. The van der Waals surface area contributed by atoms with Crippen LogP contribution in [-0.4, -0.2) is 12.9 Å². The van der Waals surface area contributed by atoms with Crippen LogP contribution in [0.5, 0.6) is 0 Å². The van der Waals surface area contributed by atoms with Crippen molar-refractivity contribution in [1.82, 2.24) is 0 Å². The van der Waals surface area contributed by atoms with Gasteiger partial charge < -0.3 is 11.1 Å². The molecule has 0 atom stereocenters.